The molecule has 1 aromatic carbocycles. The van der Waals surface area contributed by atoms with Gasteiger partial charge in [0, 0.05) is 13.1 Å². The van der Waals surface area contributed by atoms with Crippen LogP contribution in [0.5, 0.6) is 5.75 Å². The fraction of sp³-hybridized carbons (Fsp3) is 0.467. The van der Waals surface area contributed by atoms with E-state index in [1.807, 2.05) is 0 Å². The second kappa shape index (κ2) is 6.93. The van der Waals surface area contributed by atoms with Crippen molar-refractivity contribution < 1.29 is 19.1 Å². The summed E-state index contributed by atoms with van der Waals surface area (Å²) in [5.41, 5.74) is 0.414. The van der Waals surface area contributed by atoms with Crippen molar-refractivity contribution in [1.29, 1.82) is 0 Å². The lowest BCUT2D eigenvalue weighted by atomic mass is 10.1. The van der Waals surface area contributed by atoms with Crippen LogP contribution in [-0.2, 0) is 9.53 Å². The van der Waals surface area contributed by atoms with Crippen LogP contribution in [0.15, 0.2) is 24.3 Å². The first-order valence-corrected chi connectivity index (χ1v) is 6.79. The molecule has 1 amide bonds. The summed E-state index contributed by atoms with van der Waals surface area (Å²) in [6.45, 7) is 1.34. The van der Waals surface area contributed by atoms with Gasteiger partial charge in [-0.1, -0.05) is 0 Å². The number of methoxy groups -OCH3 is 1. The van der Waals surface area contributed by atoms with Gasteiger partial charge in [0.2, 0.25) is 0 Å². The van der Waals surface area contributed by atoms with Gasteiger partial charge in [-0.15, -0.1) is 0 Å². The maximum Gasteiger partial charge on any atom is 0.338 e. The first-order chi connectivity index (χ1) is 9.70. The molecule has 0 atom stereocenters. The number of likely N-dealkylation sites (tertiary alicyclic amines) is 1. The van der Waals surface area contributed by atoms with Crippen LogP contribution in [0.25, 0.3) is 0 Å². The molecule has 1 heterocycles. The fourth-order valence-electron chi connectivity index (χ4n) is 2.17. The zero-order valence-electron chi connectivity index (χ0n) is 11.6. The molecule has 20 heavy (non-hydrogen) atoms. The van der Waals surface area contributed by atoms with E-state index in [0.717, 1.165) is 32.4 Å². The minimum Gasteiger partial charge on any atom is -0.497 e. The van der Waals surface area contributed by atoms with Crippen molar-refractivity contribution in [1.82, 2.24) is 4.90 Å². The summed E-state index contributed by atoms with van der Waals surface area (Å²) < 4.78 is 10.1. The lowest BCUT2D eigenvalue weighted by Gasteiger charge is -2.26. The molecule has 5 nitrogen and oxygen atoms in total. The van der Waals surface area contributed by atoms with Crippen LogP contribution in [-0.4, -0.2) is 43.6 Å². The Bertz CT molecular complexity index is 463. The highest BCUT2D eigenvalue weighted by molar-refractivity contribution is 5.91. The van der Waals surface area contributed by atoms with Crippen molar-refractivity contribution in [2.75, 3.05) is 26.8 Å². The third-order valence-electron chi connectivity index (χ3n) is 3.36. The second-order valence-electron chi connectivity index (χ2n) is 4.75. The Hall–Kier alpha value is -2.04. The number of hydrogen-bond acceptors (Lipinski definition) is 4. The Kier molecular flexibility index (Phi) is 4.98. The Morgan fingerprint density at radius 3 is 2.35 bits per heavy atom. The van der Waals surface area contributed by atoms with Gasteiger partial charge in [0.05, 0.1) is 12.7 Å². The summed E-state index contributed by atoms with van der Waals surface area (Å²) in [6, 6.07) is 6.60. The maximum atomic E-state index is 11.9. The molecule has 0 spiro atoms. The van der Waals surface area contributed by atoms with Gasteiger partial charge in [0.25, 0.3) is 5.91 Å². The number of benzene rings is 1. The monoisotopic (exact) mass is 277 g/mol. The maximum absolute atomic E-state index is 11.9. The van der Waals surface area contributed by atoms with Crippen LogP contribution in [0.2, 0.25) is 0 Å². The predicted octanol–water partition coefficient (Wildman–Crippen LogP) is 1.86. The molecule has 0 unspecified atom stereocenters. The van der Waals surface area contributed by atoms with Gasteiger partial charge in [0.15, 0.2) is 6.61 Å². The van der Waals surface area contributed by atoms with Gasteiger partial charge in [0.1, 0.15) is 5.75 Å². The number of piperidine rings is 1. The third-order valence-corrected chi connectivity index (χ3v) is 3.36. The van der Waals surface area contributed by atoms with Crippen LogP contribution in [0.3, 0.4) is 0 Å². The zero-order valence-corrected chi connectivity index (χ0v) is 11.6. The van der Waals surface area contributed by atoms with Gasteiger partial charge in [-0.3, -0.25) is 4.79 Å². The summed E-state index contributed by atoms with van der Waals surface area (Å²) in [5, 5.41) is 0. The molecule has 0 N–H and O–H groups in total. The highest BCUT2D eigenvalue weighted by Crippen LogP contribution is 2.12. The lowest BCUT2D eigenvalue weighted by molar-refractivity contribution is -0.135. The molecule has 1 fully saturated rings. The van der Waals surface area contributed by atoms with E-state index >= 15 is 0 Å². The van der Waals surface area contributed by atoms with Crippen molar-refractivity contribution in [2.24, 2.45) is 0 Å². The van der Waals surface area contributed by atoms with Crippen molar-refractivity contribution >= 4 is 11.9 Å². The van der Waals surface area contributed by atoms with Crippen LogP contribution in [0.1, 0.15) is 29.6 Å². The average molecular weight is 277 g/mol. The smallest absolute Gasteiger partial charge is 0.338 e. The minimum absolute atomic E-state index is 0.119. The van der Waals surface area contributed by atoms with E-state index in [1.54, 1.807) is 36.3 Å². The molecule has 1 aliphatic heterocycles. The number of amides is 1. The number of ether oxygens (including phenoxy) is 2. The largest absolute Gasteiger partial charge is 0.497 e. The van der Waals surface area contributed by atoms with Crippen LogP contribution >= 0.6 is 0 Å². The van der Waals surface area contributed by atoms with Crippen LogP contribution < -0.4 is 4.74 Å². The fourth-order valence-corrected chi connectivity index (χ4v) is 2.17. The molecule has 1 saturated heterocycles. The standard InChI is InChI=1S/C15H19NO4/c1-19-13-7-5-12(6-8-13)15(18)20-11-14(17)16-9-3-2-4-10-16/h5-8H,2-4,9-11H2,1H3. The highest BCUT2D eigenvalue weighted by atomic mass is 16.5. The van der Waals surface area contributed by atoms with E-state index in [9.17, 15) is 9.59 Å². The van der Waals surface area contributed by atoms with Gasteiger partial charge < -0.3 is 14.4 Å². The summed E-state index contributed by atoms with van der Waals surface area (Å²) in [6.07, 6.45) is 3.21. The lowest BCUT2D eigenvalue weighted by Crippen LogP contribution is -2.38. The van der Waals surface area contributed by atoms with E-state index in [1.165, 1.54) is 0 Å². The number of carbonyl (C=O) groups is 2. The number of esters is 1. The van der Waals surface area contributed by atoms with Gasteiger partial charge >= 0.3 is 5.97 Å². The molecule has 0 bridgehead atoms. The summed E-state index contributed by atoms with van der Waals surface area (Å²) in [7, 11) is 1.56. The minimum atomic E-state index is -0.488. The molecule has 108 valence electrons. The molecule has 1 aromatic rings. The molecule has 1 aliphatic rings. The van der Waals surface area contributed by atoms with E-state index in [0.29, 0.717) is 11.3 Å². The molecule has 0 saturated carbocycles. The molecular weight excluding hydrogens is 258 g/mol. The topological polar surface area (TPSA) is 55.8 Å². The molecule has 5 heteroatoms. The van der Waals surface area contributed by atoms with Gasteiger partial charge in [-0.2, -0.15) is 0 Å². The Morgan fingerprint density at radius 1 is 1.10 bits per heavy atom. The summed E-state index contributed by atoms with van der Waals surface area (Å²) in [5.74, 6) is 0.0653. The van der Waals surface area contributed by atoms with E-state index in [2.05, 4.69) is 0 Å². The SMILES string of the molecule is COc1ccc(C(=O)OCC(=O)N2CCCCC2)cc1. The van der Waals surface area contributed by atoms with Crippen molar-refractivity contribution in [3.63, 3.8) is 0 Å². The van der Waals surface area contributed by atoms with Crippen molar-refractivity contribution in [2.45, 2.75) is 19.3 Å². The third kappa shape index (κ3) is 3.73. The molecule has 0 radical (unpaired) electrons. The van der Waals surface area contributed by atoms with Crippen molar-refractivity contribution in [3.8, 4) is 5.75 Å². The predicted molar refractivity (Wildman–Crippen MR) is 73.7 cm³/mol. The van der Waals surface area contributed by atoms with E-state index in [-0.39, 0.29) is 12.5 Å². The zero-order chi connectivity index (χ0) is 14.4. The molecule has 2 rings (SSSR count). The normalized spacial score (nSPS) is 14.8. The second-order valence-corrected chi connectivity index (χ2v) is 4.75. The number of carbonyl (C=O) groups excluding carboxylic acids is 2. The first-order valence-electron chi connectivity index (χ1n) is 6.79. The summed E-state index contributed by atoms with van der Waals surface area (Å²) in [4.78, 5) is 25.4. The Balaban J connectivity index is 1.83. The number of nitrogens with zero attached hydrogens (tertiary/aromatic N) is 1. The van der Waals surface area contributed by atoms with Crippen LogP contribution in [0.4, 0.5) is 0 Å². The molecular formula is C15H19NO4. The number of hydrogen-bond donors (Lipinski definition) is 0. The first kappa shape index (κ1) is 14.4. The molecule has 0 aliphatic carbocycles. The van der Waals surface area contributed by atoms with Crippen LogP contribution in [0, 0.1) is 0 Å². The quantitative estimate of drug-likeness (QED) is 0.788. The highest BCUT2D eigenvalue weighted by Gasteiger charge is 2.18. The Morgan fingerprint density at radius 2 is 1.75 bits per heavy atom. The van der Waals surface area contributed by atoms with Crippen molar-refractivity contribution in [3.05, 3.63) is 29.8 Å². The molecule has 0 aromatic heterocycles. The van der Waals surface area contributed by atoms with Gasteiger partial charge in [-0.25, -0.2) is 4.79 Å². The Labute approximate surface area is 118 Å². The van der Waals surface area contributed by atoms with Gasteiger partial charge in [-0.05, 0) is 43.5 Å². The van der Waals surface area contributed by atoms with E-state index < -0.39 is 5.97 Å². The van der Waals surface area contributed by atoms with E-state index in [4.69, 9.17) is 9.47 Å². The average Bonchev–Trinajstić information content (AvgIpc) is 2.53. The summed E-state index contributed by atoms with van der Waals surface area (Å²) >= 11 is 0. The number of rotatable bonds is 4.